The number of benzene rings is 2. The van der Waals surface area contributed by atoms with Crippen molar-refractivity contribution in [1.29, 1.82) is 0 Å². The Bertz CT molecular complexity index is 1500. The molecule has 1 saturated carbocycles. The first-order valence-corrected chi connectivity index (χ1v) is 14.9. The molecule has 1 aromatic heterocycles. The van der Waals surface area contributed by atoms with Gasteiger partial charge in [-0.25, -0.2) is 18.1 Å². The highest BCUT2D eigenvalue weighted by molar-refractivity contribution is 7.92. The number of rotatable bonds is 3. The minimum absolute atomic E-state index is 0. The summed E-state index contributed by atoms with van der Waals surface area (Å²) in [4.78, 5) is 24.9. The zero-order valence-corrected chi connectivity index (χ0v) is 24.0. The molecule has 0 radical (unpaired) electrons. The third-order valence-corrected chi connectivity index (χ3v) is 8.75. The second kappa shape index (κ2) is 10.3. The van der Waals surface area contributed by atoms with Crippen molar-refractivity contribution in [2.75, 3.05) is 11.3 Å². The Morgan fingerprint density at radius 1 is 1.05 bits per heavy atom. The summed E-state index contributed by atoms with van der Waals surface area (Å²) in [6.07, 6.45) is 3.61. The monoisotopic (exact) mass is 550 g/mol. The van der Waals surface area contributed by atoms with Crippen LogP contribution in [-0.4, -0.2) is 47.9 Å². The molecule has 4 bridgehead atoms. The second-order valence-electron chi connectivity index (χ2n) is 11.8. The van der Waals surface area contributed by atoms with E-state index in [9.17, 15) is 13.2 Å². The fraction of sp³-hybridized carbons (Fsp3) is 0.433. The van der Waals surface area contributed by atoms with Gasteiger partial charge < -0.3 is 9.64 Å². The summed E-state index contributed by atoms with van der Waals surface area (Å²) in [5.74, 6) is -0.00144. The van der Waals surface area contributed by atoms with Gasteiger partial charge in [0.25, 0.3) is 15.9 Å². The molecule has 9 heteroatoms. The number of hydrogen-bond donors (Lipinski definition) is 1. The summed E-state index contributed by atoms with van der Waals surface area (Å²) in [7, 11) is -4.07. The van der Waals surface area contributed by atoms with Gasteiger partial charge in [0.1, 0.15) is 6.61 Å². The number of ether oxygens (including phenoxy) is 1. The molecule has 208 valence electrons. The van der Waals surface area contributed by atoms with E-state index < -0.39 is 10.0 Å². The Kier molecular flexibility index (Phi) is 7.13. The molecule has 1 fully saturated rings. The molecule has 0 spiro atoms. The Morgan fingerprint density at radius 3 is 2.38 bits per heavy atom. The van der Waals surface area contributed by atoms with Crippen molar-refractivity contribution in [3.05, 3.63) is 65.2 Å². The highest BCUT2D eigenvalue weighted by Gasteiger charge is 2.37. The largest absolute Gasteiger partial charge is 0.475 e. The Balaban J connectivity index is 0.00000370. The highest BCUT2D eigenvalue weighted by atomic mass is 32.2. The van der Waals surface area contributed by atoms with Gasteiger partial charge in [0.15, 0.2) is 0 Å². The van der Waals surface area contributed by atoms with Gasteiger partial charge >= 0.3 is 0 Å². The third-order valence-electron chi connectivity index (χ3n) is 7.42. The number of sulfonamides is 1. The number of aryl methyl sites for hydroxylation is 2. The Labute approximate surface area is 232 Å². The first-order valence-electron chi connectivity index (χ1n) is 13.5. The van der Waals surface area contributed by atoms with Gasteiger partial charge in [-0.15, -0.1) is 0 Å². The zero-order chi connectivity index (χ0) is 27.9. The SMILES string of the molecule is Cc1cccc(C)c1-c1cc2nc(n1)NS(=O)(=O)c1cccc(c1)C(=O)N(C1CCC1)[C@H](CC(C)(C)C)CO2.[HH]. The average molecular weight is 551 g/mol. The van der Waals surface area contributed by atoms with Gasteiger partial charge in [-0.2, -0.15) is 4.98 Å². The van der Waals surface area contributed by atoms with Crippen molar-refractivity contribution in [3.8, 4) is 17.1 Å². The molecule has 8 nitrogen and oxygen atoms in total. The molecule has 2 aromatic carbocycles. The number of nitrogens with zero attached hydrogens (tertiary/aromatic N) is 3. The summed E-state index contributed by atoms with van der Waals surface area (Å²) in [6, 6.07) is 13.8. The number of nitrogens with one attached hydrogen (secondary N) is 1. The van der Waals surface area contributed by atoms with Gasteiger partial charge in [0.2, 0.25) is 11.8 Å². The van der Waals surface area contributed by atoms with E-state index >= 15 is 0 Å². The van der Waals surface area contributed by atoms with Crippen molar-refractivity contribution in [1.82, 2.24) is 14.9 Å². The Hall–Kier alpha value is -3.46. The molecule has 0 unspecified atom stereocenters. The Morgan fingerprint density at radius 2 is 1.74 bits per heavy atom. The fourth-order valence-corrected chi connectivity index (χ4v) is 6.43. The summed E-state index contributed by atoms with van der Waals surface area (Å²) >= 11 is 0. The number of fused-ring (bicyclic) bond motifs is 4. The molecule has 1 aliphatic carbocycles. The maximum absolute atomic E-state index is 14.0. The van der Waals surface area contributed by atoms with Crippen molar-refractivity contribution >= 4 is 21.9 Å². The lowest BCUT2D eigenvalue weighted by Crippen LogP contribution is -2.53. The highest BCUT2D eigenvalue weighted by Crippen LogP contribution is 2.34. The second-order valence-corrected chi connectivity index (χ2v) is 13.5. The normalized spacial score (nSPS) is 19.6. The quantitative estimate of drug-likeness (QED) is 0.429. The molecule has 3 aromatic rings. The van der Waals surface area contributed by atoms with Gasteiger partial charge in [-0.1, -0.05) is 45.0 Å². The lowest BCUT2D eigenvalue weighted by Gasteiger charge is -2.44. The fourth-order valence-electron chi connectivity index (χ4n) is 5.44. The van der Waals surface area contributed by atoms with Crippen molar-refractivity contribution < 1.29 is 19.4 Å². The smallest absolute Gasteiger partial charge is 0.264 e. The molecule has 1 amide bonds. The average Bonchev–Trinajstić information content (AvgIpc) is 2.82. The zero-order valence-electron chi connectivity index (χ0n) is 23.2. The van der Waals surface area contributed by atoms with E-state index in [2.05, 4.69) is 35.5 Å². The molecule has 2 aliphatic rings. The number of aromatic nitrogens is 2. The van der Waals surface area contributed by atoms with E-state index in [-0.39, 0.29) is 48.2 Å². The van der Waals surface area contributed by atoms with Gasteiger partial charge in [0, 0.05) is 24.7 Å². The van der Waals surface area contributed by atoms with Gasteiger partial charge in [-0.05, 0) is 74.3 Å². The van der Waals surface area contributed by atoms with Gasteiger partial charge in [0.05, 0.1) is 16.6 Å². The minimum atomic E-state index is -4.07. The van der Waals surface area contributed by atoms with Crippen molar-refractivity contribution in [2.45, 2.75) is 77.3 Å². The van der Waals surface area contributed by atoms with E-state index in [1.165, 1.54) is 12.1 Å². The van der Waals surface area contributed by atoms with Crippen LogP contribution >= 0.6 is 0 Å². The van der Waals surface area contributed by atoms with Crippen LogP contribution in [0.4, 0.5) is 5.95 Å². The molecule has 5 rings (SSSR count). The molecule has 1 aliphatic heterocycles. The van der Waals surface area contributed by atoms with E-state index in [1.807, 2.05) is 36.9 Å². The molecule has 39 heavy (non-hydrogen) atoms. The van der Waals surface area contributed by atoms with Crippen molar-refractivity contribution in [3.63, 3.8) is 0 Å². The maximum atomic E-state index is 14.0. The van der Waals surface area contributed by atoms with E-state index in [1.54, 1.807) is 18.2 Å². The van der Waals surface area contributed by atoms with Crippen LogP contribution in [0, 0.1) is 19.3 Å². The van der Waals surface area contributed by atoms with Crippen LogP contribution < -0.4 is 9.46 Å². The first kappa shape index (κ1) is 27.1. The lowest BCUT2D eigenvalue weighted by atomic mass is 9.84. The van der Waals surface area contributed by atoms with E-state index in [0.717, 1.165) is 36.0 Å². The summed E-state index contributed by atoms with van der Waals surface area (Å²) in [6.45, 7) is 10.7. The molecule has 1 N–H and O–H groups in total. The van der Waals surface area contributed by atoms with Crippen LogP contribution in [0.15, 0.2) is 53.4 Å². The standard InChI is InChI=1S/C30H36N4O4S.H2/c1-19-9-6-10-20(2)27(19)25-16-26-32-29(31-25)33-39(36,37)24-14-7-11-21(15-24)28(35)34(22-12-8-13-22)23(18-38-26)17-30(3,4)5;/h6-7,9-11,14-16,22-23H,8,12-13,17-18H2,1-5H3,(H,31,32,33);1H/t23-;/m1./s1. The predicted octanol–water partition coefficient (Wildman–Crippen LogP) is 6.00. The van der Waals surface area contributed by atoms with E-state index in [4.69, 9.17) is 4.74 Å². The summed E-state index contributed by atoms with van der Waals surface area (Å²) < 4.78 is 35.7. The number of anilines is 1. The minimum Gasteiger partial charge on any atom is -0.475 e. The van der Waals surface area contributed by atoms with Crippen LogP contribution in [0.3, 0.4) is 0 Å². The molecular weight excluding hydrogens is 512 g/mol. The van der Waals surface area contributed by atoms with Crippen LogP contribution in [0.2, 0.25) is 0 Å². The number of carbonyl (C=O) groups excluding carboxylic acids is 1. The van der Waals surface area contributed by atoms with Crippen LogP contribution in [-0.2, 0) is 10.0 Å². The van der Waals surface area contributed by atoms with Crippen LogP contribution in [0.1, 0.15) is 69.4 Å². The number of hydrogen-bond acceptors (Lipinski definition) is 6. The lowest BCUT2D eigenvalue weighted by molar-refractivity contribution is 0.0244. The molecule has 0 saturated heterocycles. The summed E-state index contributed by atoms with van der Waals surface area (Å²) in [5.41, 5.74) is 3.74. The third kappa shape index (κ3) is 5.78. The topological polar surface area (TPSA) is 101 Å². The van der Waals surface area contributed by atoms with Gasteiger partial charge in [-0.3, -0.25) is 4.79 Å². The first-order chi connectivity index (χ1) is 18.4. The van der Waals surface area contributed by atoms with Crippen LogP contribution in [0.25, 0.3) is 11.3 Å². The number of amides is 1. The molecular formula is C30H38N4O4S. The number of carbonyl (C=O) groups is 1. The summed E-state index contributed by atoms with van der Waals surface area (Å²) in [5, 5.41) is 0. The van der Waals surface area contributed by atoms with E-state index in [0.29, 0.717) is 17.7 Å². The predicted molar refractivity (Wildman–Crippen MR) is 153 cm³/mol. The van der Waals surface area contributed by atoms with Crippen LogP contribution in [0.5, 0.6) is 5.88 Å². The maximum Gasteiger partial charge on any atom is 0.264 e. The van der Waals surface area contributed by atoms with Crippen molar-refractivity contribution in [2.24, 2.45) is 5.41 Å². The molecule has 1 atom stereocenters. The molecule has 2 heterocycles.